The average molecular weight is 394 g/mol. The zero-order chi connectivity index (χ0) is 19.9. The SMILES string of the molecule is CC(C)(C)NC(=O)c1cc(-c2ccc(Cl)cc2)cc(-c2ccnn2C2CC2)c1. The number of carbonyl (C=O) groups excluding carboxylic acids is 1. The number of nitrogens with zero attached hydrogens (tertiary/aromatic N) is 2. The van der Waals surface area contributed by atoms with Crippen molar-refractivity contribution in [2.75, 3.05) is 0 Å². The average Bonchev–Trinajstić information content (AvgIpc) is 3.37. The standard InChI is InChI=1S/C23H24ClN3O/c1-23(2,3)26-22(28)18-13-16(15-4-6-19(24)7-5-15)12-17(14-18)21-10-11-25-27(21)20-8-9-20/h4-7,10-14,20H,8-9H2,1-3H3,(H,26,28). The van der Waals surface area contributed by atoms with Crippen molar-refractivity contribution in [1.82, 2.24) is 15.1 Å². The van der Waals surface area contributed by atoms with Crippen LogP contribution in [0.25, 0.3) is 22.4 Å². The summed E-state index contributed by atoms with van der Waals surface area (Å²) in [6.45, 7) is 5.95. The highest BCUT2D eigenvalue weighted by Crippen LogP contribution is 2.38. The van der Waals surface area contributed by atoms with E-state index in [0.29, 0.717) is 16.6 Å². The molecular formula is C23H24ClN3O. The highest BCUT2D eigenvalue weighted by molar-refractivity contribution is 6.30. The van der Waals surface area contributed by atoms with Gasteiger partial charge in [-0.3, -0.25) is 9.48 Å². The molecule has 0 saturated heterocycles. The van der Waals surface area contributed by atoms with Crippen molar-refractivity contribution in [2.45, 2.75) is 45.2 Å². The van der Waals surface area contributed by atoms with Gasteiger partial charge in [-0.15, -0.1) is 0 Å². The molecule has 144 valence electrons. The van der Waals surface area contributed by atoms with E-state index in [4.69, 9.17) is 11.6 Å². The number of aromatic nitrogens is 2. The predicted molar refractivity (Wildman–Crippen MR) is 114 cm³/mol. The third-order valence-corrected chi connectivity index (χ3v) is 4.97. The minimum absolute atomic E-state index is 0.0814. The highest BCUT2D eigenvalue weighted by atomic mass is 35.5. The summed E-state index contributed by atoms with van der Waals surface area (Å²) in [4.78, 5) is 12.9. The molecule has 4 rings (SSSR count). The molecule has 5 heteroatoms. The number of hydrogen-bond acceptors (Lipinski definition) is 2. The van der Waals surface area contributed by atoms with E-state index in [1.807, 2.05) is 69.4 Å². The van der Waals surface area contributed by atoms with E-state index >= 15 is 0 Å². The molecule has 1 aliphatic rings. The Hall–Kier alpha value is -2.59. The topological polar surface area (TPSA) is 46.9 Å². The minimum Gasteiger partial charge on any atom is -0.347 e. The Kier molecular flexibility index (Phi) is 4.76. The van der Waals surface area contributed by atoms with Crippen molar-refractivity contribution in [3.8, 4) is 22.4 Å². The van der Waals surface area contributed by atoms with Crippen LogP contribution in [0.1, 0.15) is 50.0 Å². The molecule has 1 N–H and O–H groups in total. The van der Waals surface area contributed by atoms with Crippen molar-refractivity contribution in [3.63, 3.8) is 0 Å². The molecule has 0 aliphatic heterocycles. The summed E-state index contributed by atoms with van der Waals surface area (Å²) in [6.07, 6.45) is 4.14. The van der Waals surface area contributed by atoms with Crippen molar-refractivity contribution in [2.24, 2.45) is 0 Å². The van der Waals surface area contributed by atoms with Crippen LogP contribution in [0, 0.1) is 0 Å². The summed E-state index contributed by atoms with van der Waals surface area (Å²) >= 11 is 6.05. The molecule has 1 aromatic heterocycles. The summed E-state index contributed by atoms with van der Waals surface area (Å²) in [5.41, 5.74) is 4.38. The predicted octanol–water partition coefficient (Wildman–Crippen LogP) is 5.73. The summed E-state index contributed by atoms with van der Waals surface area (Å²) in [7, 11) is 0. The van der Waals surface area contributed by atoms with E-state index in [2.05, 4.69) is 21.2 Å². The van der Waals surface area contributed by atoms with Crippen LogP contribution in [-0.4, -0.2) is 21.2 Å². The van der Waals surface area contributed by atoms with Crippen molar-refractivity contribution in [3.05, 3.63) is 65.3 Å². The van der Waals surface area contributed by atoms with Crippen LogP contribution >= 0.6 is 11.6 Å². The second-order valence-electron chi connectivity index (χ2n) is 8.40. The Balaban J connectivity index is 1.82. The van der Waals surface area contributed by atoms with Gasteiger partial charge in [0.25, 0.3) is 5.91 Å². The lowest BCUT2D eigenvalue weighted by Crippen LogP contribution is -2.40. The Morgan fingerprint density at radius 1 is 1.04 bits per heavy atom. The Bertz CT molecular complexity index is 1010. The van der Waals surface area contributed by atoms with Crippen molar-refractivity contribution >= 4 is 17.5 Å². The molecule has 1 heterocycles. The molecule has 0 atom stereocenters. The smallest absolute Gasteiger partial charge is 0.251 e. The van der Waals surface area contributed by atoms with Crippen molar-refractivity contribution in [1.29, 1.82) is 0 Å². The van der Waals surface area contributed by atoms with Crippen LogP contribution in [0.3, 0.4) is 0 Å². The van der Waals surface area contributed by atoms with Gasteiger partial charge >= 0.3 is 0 Å². The summed E-state index contributed by atoms with van der Waals surface area (Å²) in [6, 6.07) is 16.2. The molecule has 0 spiro atoms. The summed E-state index contributed by atoms with van der Waals surface area (Å²) in [5.74, 6) is -0.0814. The minimum atomic E-state index is -0.302. The zero-order valence-electron chi connectivity index (χ0n) is 16.4. The lowest BCUT2D eigenvalue weighted by molar-refractivity contribution is 0.0919. The summed E-state index contributed by atoms with van der Waals surface area (Å²) < 4.78 is 2.08. The molecule has 4 nitrogen and oxygen atoms in total. The lowest BCUT2D eigenvalue weighted by Gasteiger charge is -2.21. The van der Waals surface area contributed by atoms with Gasteiger partial charge in [-0.05, 0) is 81.1 Å². The van der Waals surface area contributed by atoms with Crippen LogP contribution in [0.4, 0.5) is 0 Å². The Morgan fingerprint density at radius 2 is 1.71 bits per heavy atom. The molecule has 0 bridgehead atoms. The van der Waals surface area contributed by atoms with Gasteiger partial charge in [-0.1, -0.05) is 23.7 Å². The Morgan fingerprint density at radius 3 is 2.36 bits per heavy atom. The van der Waals surface area contributed by atoms with Crippen LogP contribution < -0.4 is 5.32 Å². The van der Waals surface area contributed by atoms with Gasteiger partial charge in [0.2, 0.25) is 0 Å². The number of rotatable bonds is 4. The normalized spacial score (nSPS) is 14.1. The number of hydrogen-bond donors (Lipinski definition) is 1. The van der Waals surface area contributed by atoms with E-state index in [1.165, 1.54) is 0 Å². The first-order valence-corrected chi connectivity index (χ1v) is 9.95. The molecule has 3 aromatic rings. The van der Waals surface area contributed by atoms with Crippen LogP contribution in [0.2, 0.25) is 5.02 Å². The van der Waals surface area contributed by atoms with E-state index in [9.17, 15) is 4.79 Å². The maximum absolute atomic E-state index is 12.9. The van der Waals surface area contributed by atoms with E-state index < -0.39 is 0 Å². The maximum Gasteiger partial charge on any atom is 0.251 e. The first kappa shape index (κ1) is 18.8. The first-order valence-electron chi connectivity index (χ1n) is 9.58. The lowest BCUT2D eigenvalue weighted by atomic mass is 9.97. The molecule has 2 aromatic carbocycles. The van der Waals surface area contributed by atoms with Gasteiger partial charge in [0, 0.05) is 27.9 Å². The molecule has 28 heavy (non-hydrogen) atoms. The van der Waals surface area contributed by atoms with Gasteiger partial charge in [0.15, 0.2) is 0 Å². The van der Waals surface area contributed by atoms with Crippen LogP contribution in [0.5, 0.6) is 0 Å². The monoisotopic (exact) mass is 393 g/mol. The molecule has 1 amide bonds. The van der Waals surface area contributed by atoms with Gasteiger partial charge in [0.05, 0.1) is 11.7 Å². The number of carbonyl (C=O) groups is 1. The first-order chi connectivity index (χ1) is 13.3. The molecule has 1 saturated carbocycles. The third kappa shape index (κ3) is 4.12. The highest BCUT2D eigenvalue weighted by Gasteiger charge is 2.27. The van der Waals surface area contributed by atoms with E-state index in [0.717, 1.165) is 35.2 Å². The molecular weight excluding hydrogens is 370 g/mol. The fraction of sp³-hybridized carbons (Fsp3) is 0.304. The number of halogens is 1. The zero-order valence-corrected chi connectivity index (χ0v) is 17.1. The summed E-state index contributed by atoms with van der Waals surface area (Å²) in [5, 5.41) is 8.26. The molecule has 0 radical (unpaired) electrons. The number of nitrogens with one attached hydrogen (secondary N) is 1. The van der Waals surface area contributed by atoms with E-state index in [-0.39, 0.29) is 11.4 Å². The fourth-order valence-electron chi connectivity index (χ4n) is 3.28. The maximum atomic E-state index is 12.9. The van der Waals surface area contributed by atoms with Crippen LogP contribution in [-0.2, 0) is 0 Å². The molecule has 0 unspecified atom stereocenters. The number of amides is 1. The van der Waals surface area contributed by atoms with Crippen LogP contribution in [0.15, 0.2) is 54.7 Å². The third-order valence-electron chi connectivity index (χ3n) is 4.72. The largest absolute Gasteiger partial charge is 0.347 e. The van der Waals surface area contributed by atoms with Gasteiger partial charge in [-0.25, -0.2) is 0 Å². The molecule has 1 fully saturated rings. The van der Waals surface area contributed by atoms with Gasteiger partial charge in [-0.2, -0.15) is 5.10 Å². The van der Waals surface area contributed by atoms with Crippen molar-refractivity contribution < 1.29 is 4.79 Å². The Labute approximate surface area is 170 Å². The fourth-order valence-corrected chi connectivity index (χ4v) is 3.41. The second-order valence-corrected chi connectivity index (χ2v) is 8.84. The van der Waals surface area contributed by atoms with Gasteiger partial charge in [0.1, 0.15) is 0 Å². The quantitative estimate of drug-likeness (QED) is 0.614. The second kappa shape index (κ2) is 7.10. The molecule has 1 aliphatic carbocycles. The van der Waals surface area contributed by atoms with Gasteiger partial charge < -0.3 is 5.32 Å². The number of benzene rings is 2. The van der Waals surface area contributed by atoms with E-state index in [1.54, 1.807) is 0 Å².